The molecule has 1 atom stereocenters. The van der Waals surface area contributed by atoms with Crippen LogP contribution in [0.25, 0.3) is 10.9 Å². The Morgan fingerprint density at radius 2 is 2.00 bits per heavy atom. The van der Waals surface area contributed by atoms with Crippen LogP contribution < -0.4 is 5.46 Å². The maximum atomic E-state index is 13.6. The lowest BCUT2D eigenvalue weighted by Crippen LogP contribution is -2.42. The molecule has 2 heterocycles. The molecule has 1 aliphatic heterocycles. The molecule has 1 unspecified atom stereocenters. The first-order chi connectivity index (χ1) is 9.21. The predicted molar refractivity (Wildman–Crippen MR) is 76.1 cm³/mol. The van der Waals surface area contributed by atoms with Crippen LogP contribution >= 0.6 is 0 Å². The number of aryl methyl sites for hydroxylation is 1. The zero-order chi connectivity index (χ0) is 14.7. The van der Waals surface area contributed by atoms with Gasteiger partial charge in [-0.05, 0) is 31.4 Å². The second-order valence-electron chi connectivity index (χ2n) is 6.00. The van der Waals surface area contributed by atoms with Crippen molar-refractivity contribution in [1.82, 2.24) is 9.78 Å². The van der Waals surface area contributed by atoms with Crippen molar-refractivity contribution in [3.05, 3.63) is 31.1 Å². The van der Waals surface area contributed by atoms with Gasteiger partial charge in [-0.3, -0.25) is 4.68 Å². The maximum Gasteiger partial charge on any atom is 0.498 e. The molecule has 2 aromatic rings. The maximum absolute atomic E-state index is 13.6. The molecule has 1 saturated heterocycles. The number of aromatic nitrogens is 2. The van der Waals surface area contributed by atoms with Gasteiger partial charge < -0.3 is 9.31 Å². The van der Waals surface area contributed by atoms with Gasteiger partial charge in [0.15, 0.2) is 0 Å². The minimum Gasteiger partial charge on any atom is -0.395 e. The van der Waals surface area contributed by atoms with Gasteiger partial charge in [0.1, 0.15) is 5.60 Å². The molecule has 0 amide bonds. The Labute approximate surface area is 118 Å². The minimum atomic E-state index is -0.635. The molecule has 0 saturated carbocycles. The quantitative estimate of drug-likeness (QED) is 0.588. The normalized spacial score (nSPS) is 25.6. The largest absolute Gasteiger partial charge is 0.498 e. The molecule has 4 nitrogen and oxygen atoms in total. The predicted octanol–water partition coefficient (Wildman–Crippen LogP) is 1.83. The van der Waals surface area contributed by atoms with Crippen LogP contribution in [0.4, 0.5) is 4.39 Å². The summed E-state index contributed by atoms with van der Waals surface area (Å²) < 4.78 is 26.9. The molecule has 0 spiro atoms. The molecule has 0 bridgehead atoms. The molecular weight excluding hydrogens is 258 g/mol. The summed E-state index contributed by atoms with van der Waals surface area (Å²) in [5.74, 6) is -0.468. The third kappa shape index (κ3) is 1.83. The molecular formula is C14H17BFN2O2+. The van der Waals surface area contributed by atoms with Crippen molar-refractivity contribution >= 4 is 23.5 Å². The van der Waals surface area contributed by atoms with Crippen molar-refractivity contribution in [2.75, 3.05) is 0 Å². The first kappa shape index (κ1) is 13.5. The van der Waals surface area contributed by atoms with E-state index >= 15 is 0 Å². The van der Waals surface area contributed by atoms with E-state index in [0.717, 1.165) is 5.46 Å². The minimum absolute atomic E-state index is 0.468. The molecule has 3 rings (SSSR count). The van der Waals surface area contributed by atoms with Gasteiger partial charge in [0.2, 0.25) is 11.5 Å². The molecule has 1 fully saturated rings. The third-order valence-electron chi connectivity index (χ3n) is 4.15. The monoisotopic (exact) mass is 275 g/mol. The summed E-state index contributed by atoms with van der Waals surface area (Å²) in [4.78, 5) is 0. The number of benzene rings is 1. The van der Waals surface area contributed by atoms with E-state index in [-0.39, 0.29) is 0 Å². The Bertz CT molecular complexity index is 665. The second kappa shape index (κ2) is 3.99. The lowest BCUT2D eigenvalue weighted by Gasteiger charge is -2.25. The molecule has 0 radical (unpaired) electrons. The van der Waals surface area contributed by atoms with Gasteiger partial charge >= 0.3 is 7.12 Å². The van der Waals surface area contributed by atoms with E-state index < -0.39 is 24.3 Å². The van der Waals surface area contributed by atoms with Crippen LogP contribution in [-0.4, -0.2) is 28.1 Å². The van der Waals surface area contributed by atoms with E-state index in [1.165, 1.54) is 4.68 Å². The molecule has 20 heavy (non-hydrogen) atoms. The third-order valence-corrected chi connectivity index (χ3v) is 4.15. The van der Waals surface area contributed by atoms with Crippen LogP contribution in [0.1, 0.15) is 20.8 Å². The number of fused-ring (bicyclic) bond motifs is 1. The number of hydrogen-bond donors (Lipinski definition) is 0. The summed E-state index contributed by atoms with van der Waals surface area (Å²) in [5, 5.41) is 4.26. The molecule has 1 aromatic carbocycles. The first-order valence-corrected chi connectivity index (χ1v) is 6.54. The van der Waals surface area contributed by atoms with E-state index in [4.69, 9.17) is 9.31 Å². The first-order valence-electron chi connectivity index (χ1n) is 6.54. The summed E-state index contributed by atoms with van der Waals surface area (Å²) in [5.41, 5.74) is 0.415. The van der Waals surface area contributed by atoms with Gasteiger partial charge in [-0.2, -0.15) is 4.39 Å². The Morgan fingerprint density at radius 1 is 1.30 bits per heavy atom. The highest BCUT2D eigenvalue weighted by atomic mass is 19.1. The fraction of sp³-hybridized carbons (Fsp3) is 0.429. The number of hydrogen-bond acceptors (Lipinski definition) is 3. The number of rotatable bonds is 1. The Hall–Kier alpha value is -1.53. The van der Waals surface area contributed by atoms with Crippen LogP contribution in [0.3, 0.4) is 0 Å². The van der Waals surface area contributed by atoms with Gasteiger partial charge in [-0.15, -0.1) is 5.10 Å². The van der Waals surface area contributed by atoms with Gasteiger partial charge in [0.05, 0.1) is 17.8 Å². The second-order valence-corrected chi connectivity index (χ2v) is 6.00. The lowest BCUT2D eigenvalue weighted by molar-refractivity contribution is 0.0262. The van der Waals surface area contributed by atoms with Crippen molar-refractivity contribution < 1.29 is 13.7 Å². The SMILES string of the molecule is [CH2+]C1(C)OB(c2ccc3c(F)nn(C)c3c2)OC1(C)C. The molecule has 1 aromatic heterocycles. The molecule has 1 aliphatic rings. The highest BCUT2D eigenvalue weighted by Gasteiger charge is 2.57. The fourth-order valence-corrected chi connectivity index (χ4v) is 2.31. The fourth-order valence-electron chi connectivity index (χ4n) is 2.31. The molecule has 6 heteroatoms. The van der Waals surface area contributed by atoms with Crippen LogP contribution in [0, 0.1) is 12.9 Å². The smallest absolute Gasteiger partial charge is 0.395 e. The Morgan fingerprint density at radius 3 is 2.60 bits per heavy atom. The van der Waals surface area contributed by atoms with E-state index in [9.17, 15) is 4.39 Å². The van der Waals surface area contributed by atoms with Crippen LogP contribution in [0.2, 0.25) is 0 Å². The zero-order valence-electron chi connectivity index (χ0n) is 12.1. The van der Waals surface area contributed by atoms with Crippen molar-refractivity contribution in [3.8, 4) is 0 Å². The van der Waals surface area contributed by atoms with Crippen molar-refractivity contribution in [2.24, 2.45) is 7.05 Å². The van der Waals surface area contributed by atoms with Crippen molar-refractivity contribution in [1.29, 1.82) is 0 Å². The number of halogens is 1. The standard InChI is InChI=1S/C14H17BFN2O2/c1-13(2)14(3,4)20-15(19-13)9-6-7-10-11(8-9)18(5)17-12(10)16/h6-8H,1H2,2-5H3/q+1. The van der Waals surface area contributed by atoms with Crippen LogP contribution in [0.15, 0.2) is 18.2 Å². The number of nitrogens with zero attached hydrogens (tertiary/aromatic N) is 2. The van der Waals surface area contributed by atoms with E-state index in [0.29, 0.717) is 10.9 Å². The summed E-state index contributed by atoms with van der Waals surface area (Å²) in [6, 6.07) is 5.34. The molecule has 104 valence electrons. The zero-order valence-corrected chi connectivity index (χ0v) is 12.1. The van der Waals surface area contributed by atoms with Crippen LogP contribution in [0.5, 0.6) is 0 Å². The summed E-state index contributed by atoms with van der Waals surface area (Å²) in [7, 11) is 1.20. The Kier molecular flexibility index (Phi) is 2.69. The lowest BCUT2D eigenvalue weighted by atomic mass is 9.79. The summed E-state index contributed by atoms with van der Waals surface area (Å²) >= 11 is 0. The van der Waals surface area contributed by atoms with Gasteiger partial charge in [-0.25, -0.2) is 0 Å². The highest BCUT2D eigenvalue weighted by Crippen LogP contribution is 2.36. The molecule has 0 aliphatic carbocycles. The summed E-state index contributed by atoms with van der Waals surface area (Å²) in [6.45, 7) is 9.85. The highest BCUT2D eigenvalue weighted by molar-refractivity contribution is 6.62. The molecule has 0 N–H and O–H groups in total. The van der Waals surface area contributed by atoms with E-state index in [1.807, 2.05) is 26.8 Å². The summed E-state index contributed by atoms with van der Waals surface area (Å²) in [6.07, 6.45) is 0. The average molecular weight is 275 g/mol. The van der Waals surface area contributed by atoms with Crippen LogP contribution in [-0.2, 0) is 16.4 Å². The Balaban J connectivity index is 2.02. The van der Waals surface area contributed by atoms with E-state index in [2.05, 4.69) is 12.0 Å². The average Bonchev–Trinajstić information content (AvgIpc) is 2.74. The van der Waals surface area contributed by atoms with Gasteiger partial charge in [-0.1, -0.05) is 6.07 Å². The van der Waals surface area contributed by atoms with Crippen molar-refractivity contribution in [3.63, 3.8) is 0 Å². The van der Waals surface area contributed by atoms with Crippen molar-refractivity contribution in [2.45, 2.75) is 32.0 Å². The topological polar surface area (TPSA) is 36.3 Å². The van der Waals surface area contributed by atoms with Gasteiger partial charge in [0.25, 0.3) is 0 Å². The van der Waals surface area contributed by atoms with E-state index in [1.54, 1.807) is 19.2 Å². The van der Waals surface area contributed by atoms with Gasteiger partial charge in [0, 0.05) is 14.0 Å².